The van der Waals surface area contributed by atoms with Crippen LogP contribution in [0.1, 0.15) is 12.2 Å². The number of β-amino-alcohol motifs (C(OH)–C–C–N with tert-alkyl or cyclic N) is 1. The van der Waals surface area contributed by atoms with Crippen molar-refractivity contribution >= 4 is 12.0 Å². The Labute approximate surface area is 87.8 Å². The van der Waals surface area contributed by atoms with Gasteiger partial charge in [0.05, 0.1) is 12.4 Å². The first-order valence-corrected chi connectivity index (χ1v) is 4.94. The third-order valence-corrected chi connectivity index (χ3v) is 2.41. The second kappa shape index (κ2) is 4.31. The van der Waals surface area contributed by atoms with E-state index >= 15 is 0 Å². The molecule has 1 saturated heterocycles. The number of hydrogen-bond donors (Lipinski definition) is 1. The molecule has 1 atom stereocenters. The van der Waals surface area contributed by atoms with Crippen LogP contribution < -0.4 is 0 Å². The predicted molar refractivity (Wildman–Crippen MR) is 54.9 cm³/mol. The third-order valence-electron chi connectivity index (χ3n) is 2.41. The number of carbonyl (C=O) groups excluding carboxylic acids is 1. The second-order valence-electron chi connectivity index (χ2n) is 3.58. The van der Waals surface area contributed by atoms with E-state index < -0.39 is 0 Å². The number of furan rings is 1. The fraction of sp³-hybridized carbons (Fsp3) is 0.364. The average molecular weight is 207 g/mol. The standard InChI is InChI=1S/C11H13NO3/c13-9-5-6-12(8-9)11(14)4-3-10-2-1-7-15-10/h1-4,7,9,13H,5-6,8H2/b4-3+. The summed E-state index contributed by atoms with van der Waals surface area (Å²) in [6.45, 7) is 1.06. The van der Waals surface area contributed by atoms with Gasteiger partial charge in [-0.15, -0.1) is 0 Å². The topological polar surface area (TPSA) is 53.7 Å². The van der Waals surface area contributed by atoms with Gasteiger partial charge in [0.1, 0.15) is 5.76 Å². The highest BCUT2D eigenvalue weighted by atomic mass is 16.3. The summed E-state index contributed by atoms with van der Waals surface area (Å²) in [7, 11) is 0. The molecule has 0 spiro atoms. The molecule has 1 fully saturated rings. The van der Waals surface area contributed by atoms with Crippen LogP contribution in [0.4, 0.5) is 0 Å². The van der Waals surface area contributed by atoms with E-state index in [-0.39, 0.29) is 12.0 Å². The molecule has 1 aromatic rings. The molecule has 1 N–H and O–H groups in total. The molecule has 2 heterocycles. The minimum Gasteiger partial charge on any atom is -0.465 e. The summed E-state index contributed by atoms with van der Waals surface area (Å²) in [5.41, 5.74) is 0. The van der Waals surface area contributed by atoms with Crippen LogP contribution in [0.15, 0.2) is 28.9 Å². The Morgan fingerprint density at radius 1 is 1.67 bits per heavy atom. The van der Waals surface area contributed by atoms with Gasteiger partial charge >= 0.3 is 0 Å². The van der Waals surface area contributed by atoms with E-state index in [1.807, 2.05) is 0 Å². The summed E-state index contributed by atoms with van der Waals surface area (Å²) in [6, 6.07) is 3.55. The van der Waals surface area contributed by atoms with Crippen LogP contribution in [0.25, 0.3) is 6.08 Å². The minimum atomic E-state index is -0.369. The number of likely N-dealkylation sites (tertiary alicyclic amines) is 1. The average Bonchev–Trinajstić information content (AvgIpc) is 2.84. The Bertz CT molecular complexity index is 356. The van der Waals surface area contributed by atoms with Gasteiger partial charge in [-0.3, -0.25) is 4.79 Å². The van der Waals surface area contributed by atoms with Crippen LogP contribution in [0.3, 0.4) is 0 Å². The molecule has 15 heavy (non-hydrogen) atoms. The van der Waals surface area contributed by atoms with Gasteiger partial charge in [0.2, 0.25) is 5.91 Å². The van der Waals surface area contributed by atoms with Crippen molar-refractivity contribution in [2.45, 2.75) is 12.5 Å². The first-order valence-electron chi connectivity index (χ1n) is 4.94. The fourth-order valence-corrected chi connectivity index (χ4v) is 1.59. The molecule has 0 saturated carbocycles. The van der Waals surface area contributed by atoms with Crippen LogP contribution in [0.5, 0.6) is 0 Å². The molecule has 0 radical (unpaired) electrons. The van der Waals surface area contributed by atoms with Gasteiger partial charge in [-0.25, -0.2) is 0 Å². The summed E-state index contributed by atoms with van der Waals surface area (Å²) in [5, 5.41) is 9.26. The number of aliphatic hydroxyl groups is 1. The molecular formula is C11H13NO3. The maximum Gasteiger partial charge on any atom is 0.246 e. The first-order chi connectivity index (χ1) is 7.25. The molecule has 0 aromatic carbocycles. The Morgan fingerprint density at radius 3 is 3.13 bits per heavy atom. The van der Waals surface area contributed by atoms with Gasteiger partial charge in [-0.1, -0.05) is 0 Å². The zero-order chi connectivity index (χ0) is 10.7. The molecule has 1 aliphatic heterocycles. The lowest BCUT2D eigenvalue weighted by Crippen LogP contribution is -2.27. The molecule has 0 aliphatic carbocycles. The Morgan fingerprint density at radius 2 is 2.53 bits per heavy atom. The minimum absolute atomic E-state index is 0.0806. The number of nitrogens with zero attached hydrogens (tertiary/aromatic N) is 1. The van der Waals surface area contributed by atoms with Gasteiger partial charge in [0.15, 0.2) is 0 Å². The van der Waals surface area contributed by atoms with E-state index in [9.17, 15) is 9.90 Å². The van der Waals surface area contributed by atoms with Crippen molar-refractivity contribution in [2.75, 3.05) is 13.1 Å². The summed E-state index contributed by atoms with van der Waals surface area (Å²) in [4.78, 5) is 13.2. The monoisotopic (exact) mass is 207 g/mol. The highest BCUT2D eigenvalue weighted by Crippen LogP contribution is 2.10. The number of aliphatic hydroxyl groups excluding tert-OH is 1. The molecule has 2 rings (SSSR count). The van der Waals surface area contributed by atoms with Gasteiger partial charge in [-0.05, 0) is 24.6 Å². The summed E-state index contributed by atoms with van der Waals surface area (Å²) in [5.74, 6) is 0.575. The van der Waals surface area contributed by atoms with E-state index in [1.54, 1.807) is 29.4 Å². The smallest absolute Gasteiger partial charge is 0.246 e. The van der Waals surface area contributed by atoms with Crippen LogP contribution in [-0.2, 0) is 4.79 Å². The molecule has 4 nitrogen and oxygen atoms in total. The fourth-order valence-electron chi connectivity index (χ4n) is 1.59. The maximum atomic E-state index is 11.6. The van der Waals surface area contributed by atoms with Crippen molar-refractivity contribution in [2.24, 2.45) is 0 Å². The van der Waals surface area contributed by atoms with E-state index in [0.717, 1.165) is 0 Å². The number of rotatable bonds is 2. The number of amides is 1. The third kappa shape index (κ3) is 2.47. The Kier molecular flexibility index (Phi) is 2.87. The maximum absolute atomic E-state index is 11.6. The van der Waals surface area contributed by atoms with Gasteiger partial charge in [-0.2, -0.15) is 0 Å². The molecule has 1 amide bonds. The molecular weight excluding hydrogens is 194 g/mol. The van der Waals surface area contributed by atoms with Crippen LogP contribution >= 0.6 is 0 Å². The van der Waals surface area contributed by atoms with Crippen molar-refractivity contribution < 1.29 is 14.3 Å². The van der Waals surface area contributed by atoms with Crippen LogP contribution in [0, 0.1) is 0 Å². The van der Waals surface area contributed by atoms with Gasteiger partial charge in [0.25, 0.3) is 0 Å². The largest absolute Gasteiger partial charge is 0.465 e. The highest BCUT2D eigenvalue weighted by Gasteiger charge is 2.22. The summed E-state index contributed by atoms with van der Waals surface area (Å²) < 4.78 is 5.06. The van der Waals surface area contributed by atoms with Gasteiger partial charge < -0.3 is 14.4 Å². The number of hydrogen-bond acceptors (Lipinski definition) is 3. The molecule has 0 bridgehead atoms. The zero-order valence-electron chi connectivity index (χ0n) is 8.30. The molecule has 4 heteroatoms. The lowest BCUT2D eigenvalue weighted by molar-refractivity contribution is -0.125. The van der Waals surface area contributed by atoms with Crippen molar-refractivity contribution in [3.8, 4) is 0 Å². The van der Waals surface area contributed by atoms with Crippen LogP contribution in [-0.4, -0.2) is 35.1 Å². The SMILES string of the molecule is O=C(/C=C/c1ccco1)N1CCC(O)C1. The second-order valence-corrected chi connectivity index (χ2v) is 3.58. The lowest BCUT2D eigenvalue weighted by atomic mass is 10.3. The first kappa shape index (κ1) is 9.98. The van der Waals surface area contributed by atoms with E-state index in [0.29, 0.717) is 25.3 Å². The Balaban J connectivity index is 1.92. The van der Waals surface area contributed by atoms with Crippen molar-refractivity contribution in [3.63, 3.8) is 0 Å². The number of carbonyl (C=O) groups is 1. The quantitative estimate of drug-likeness (QED) is 0.732. The lowest BCUT2D eigenvalue weighted by Gasteiger charge is -2.11. The summed E-state index contributed by atoms with van der Waals surface area (Å²) in [6.07, 6.45) is 4.96. The van der Waals surface area contributed by atoms with E-state index in [4.69, 9.17) is 4.42 Å². The van der Waals surface area contributed by atoms with Gasteiger partial charge in [0, 0.05) is 19.2 Å². The van der Waals surface area contributed by atoms with Crippen molar-refractivity contribution in [3.05, 3.63) is 30.2 Å². The highest BCUT2D eigenvalue weighted by molar-refractivity contribution is 5.91. The van der Waals surface area contributed by atoms with E-state index in [1.165, 1.54) is 6.08 Å². The Hall–Kier alpha value is -1.55. The molecule has 80 valence electrons. The normalized spacial score (nSPS) is 21.4. The van der Waals surface area contributed by atoms with Crippen molar-refractivity contribution in [1.29, 1.82) is 0 Å². The molecule has 1 unspecified atom stereocenters. The zero-order valence-corrected chi connectivity index (χ0v) is 8.30. The van der Waals surface area contributed by atoms with Crippen molar-refractivity contribution in [1.82, 2.24) is 4.90 Å². The predicted octanol–water partition coefficient (Wildman–Crippen LogP) is 0.886. The molecule has 1 aliphatic rings. The van der Waals surface area contributed by atoms with E-state index in [2.05, 4.69) is 0 Å². The summed E-state index contributed by atoms with van der Waals surface area (Å²) >= 11 is 0. The van der Waals surface area contributed by atoms with Crippen LogP contribution in [0.2, 0.25) is 0 Å². The molecule has 1 aromatic heterocycles.